The molecule has 0 aromatic heterocycles. The fraction of sp³-hybridized carbons (Fsp3) is 0.600. The van der Waals surface area contributed by atoms with Crippen LogP contribution >= 0.6 is 0 Å². The molecule has 0 spiro atoms. The summed E-state index contributed by atoms with van der Waals surface area (Å²) >= 11 is 0. The van der Waals surface area contributed by atoms with Gasteiger partial charge in [0.2, 0.25) is 0 Å². The van der Waals surface area contributed by atoms with Crippen LogP contribution in [0.3, 0.4) is 0 Å². The van der Waals surface area contributed by atoms with E-state index in [0.29, 0.717) is 5.56 Å². The largest absolute Gasteiger partial charge is 0.497 e. The molecule has 0 unspecified atom stereocenters. The Morgan fingerprint density at radius 3 is 2.35 bits per heavy atom. The molecule has 2 N–H and O–H groups in total. The fourth-order valence-corrected chi connectivity index (χ4v) is 2.86. The maximum atomic E-state index is 12.9. The molecule has 2 rings (SSSR count). The molecule has 1 aliphatic carbocycles. The first-order valence-electron chi connectivity index (χ1n) is 6.93. The van der Waals surface area contributed by atoms with Gasteiger partial charge in [-0.05, 0) is 42.5 Å². The highest BCUT2D eigenvalue weighted by Gasteiger charge is 2.32. The molecule has 20 heavy (non-hydrogen) atoms. The summed E-state index contributed by atoms with van der Waals surface area (Å²) in [5, 5.41) is 0. The minimum absolute atomic E-state index is 0.209. The highest BCUT2D eigenvalue weighted by Crippen LogP contribution is 2.37. The van der Waals surface area contributed by atoms with Crippen LogP contribution in [-0.2, 0) is 6.18 Å². The Morgan fingerprint density at radius 1 is 1.15 bits per heavy atom. The summed E-state index contributed by atoms with van der Waals surface area (Å²) in [6, 6.07) is 3.43. The van der Waals surface area contributed by atoms with E-state index in [0.717, 1.165) is 37.8 Å². The van der Waals surface area contributed by atoms with Gasteiger partial charge in [0.25, 0.3) is 0 Å². The van der Waals surface area contributed by atoms with Gasteiger partial charge in [-0.3, -0.25) is 0 Å². The van der Waals surface area contributed by atoms with E-state index < -0.39 is 11.7 Å². The fourth-order valence-electron chi connectivity index (χ4n) is 2.86. The third-order valence-corrected chi connectivity index (χ3v) is 4.03. The Hall–Kier alpha value is -1.23. The number of halogens is 3. The summed E-state index contributed by atoms with van der Waals surface area (Å²) in [5.41, 5.74) is 6.00. The molecule has 112 valence electrons. The first-order valence-corrected chi connectivity index (χ1v) is 6.93. The van der Waals surface area contributed by atoms with Crippen molar-refractivity contribution in [3.05, 3.63) is 29.3 Å². The van der Waals surface area contributed by atoms with E-state index in [1.165, 1.54) is 13.5 Å². The van der Waals surface area contributed by atoms with E-state index >= 15 is 0 Å². The van der Waals surface area contributed by atoms with E-state index in [9.17, 15) is 13.2 Å². The second-order valence-electron chi connectivity index (χ2n) is 5.42. The molecule has 1 aliphatic rings. The Bertz CT molecular complexity index is 453. The van der Waals surface area contributed by atoms with Crippen LogP contribution < -0.4 is 10.5 Å². The molecule has 0 radical (unpaired) electrons. The van der Waals surface area contributed by atoms with Gasteiger partial charge in [0, 0.05) is 6.04 Å². The second kappa shape index (κ2) is 6.04. The van der Waals surface area contributed by atoms with Gasteiger partial charge in [-0.2, -0.15) is 13.2 Å². The van der Waals surface area contributed by atoms with Gasteiger partial charge in [-0.1, -0.05) is 19.3 Å². The molecule has 0 bridgehead atoms. The number of methoxy groups -OCH3 is 1. The number of hydrogen-bond acceptors (Lipinski definition) is 2. The van der Waals surface area contributed by atoms with Crippen molar-refractivity contribution in [2.45, 2.75) is 44.3 Å². The number of benzene rings is 1. The van der Waals surface area contributed by atoms with Crippen LogP contribution in [-0.4, -0.2) is 7.11 Å². The number of alkyl halides is 3. The summed E-state index contributed by atoms with van der Waals surface area (Å²) in [6.45, 7) is 0. The van der Waals surface area contributed by atoms with Crippen molar-refractivity contribution in [1.29, 1.82) is 0 Å². The summed E-state index contributed by atoms with van der Waals surface area (Å²) in [6.07, 6.45) is 0.993. The Kier molecular flexibility index (Phi) is 4.58. The lowest BCUT2D eigenvalue weighted by Gasteiger charge is -2.28. The maximum absolute atomic E-state index is 12.9. The van der Waals surface area contributed by atoms with Crippen LogP contribution in [0.15, 0.2) is 18.2 Å². The topological polar surface area (TPSA) is 35.2 Å². The average Bonchev–Trinajstić information content (AvgIpc) is 2.46. The third-order valence-electron chi connectivity index (χ3n) is 4.03. The lowest BCUT2D eigenvalue weighted by molar-refractivity contribution is -0.137. The first kappa shape index (κ1) is 15.2. The summed E-state index contributed by atoms with van der Waals surface area (Å²) in [7, 11) is 1.37. The minimum atomic E-state index is -4.38. The predicted molar refractivity (Wildman–Crippen MR) is 71.5 cm³/mol. The van der Waals surface area contributed by atoms with Crippen LogP contribution in [0.25, 0.3) is 0 Å². The summed E-state index contributed by atoms with van der Waals surface area (Å²) in [5.74, 6) is 0.470. The van der Waals surface area contributed by atoms with Gasteiger partial charge in [0.05, 0.1) is 12.7 Å². The van der Waals surface area contributed by atoms with Crippen molar-refractivity contribution in [1.82, 2.24) is 0 Å². The van der Waals surface area contributed by atoms with Crippen molar-refractivity contribution in [2.75, 3.05) is 7.11 Å². The predicted octanol–water partition coefficient (Wildman–Crippen LogP) is 4.29. The van der Waals surface area contributed by atoms with Gasteiger partial charge in [0.1, 0.15) is 5.75 Å². The van der Waals surface area contributed by atoms with Gasteiger partial charge in [-0.25, -0.2) is 0 Å². The summed E-state index contributed by atoms with van der Waals surface area (Å²) < 4.78 is 43.7. The van der Waals surface area contributed by atoms with E-state index in [4.69, 9.17) is 10.5 Å². The van der Waals surface area contributed by atoms with Gasteiger partial charge in [-0.15, -0.1) is 0 Å². The van der Waals surface area contributed by atoms with E-state index in [-0.39, 0.29) is 17.7 Å². The monoisotopic (exact) mass is 287 g/mol. The van der Waals surface area contributed by atoms with Crippen LogP contribution in [0.1, 0.15) is 49.3 Å². The average molecular weight is 287 g/mol. The lowest BCUT2D eigenvalue weighted by atomic mass is 9.81. The highest BCUT2D eigenvalue weighted by molar-refractivity contribution is 5.37. The number of nitrogens with two attached hydrogens (primary N) is 1. The highest BCUT2D eigenvalue weighted by atomic mass is 19.4. The van der Waals surface area contributed by atoms with E-state index in [1.807, 2.05) is 0 Å². The quantitative estimate of drug-likeness (QED) is 0.900. The molecule has 0 aliphatic heterocycles. The number of ether oxygens (including phenoxy) is 1. The molecule has 5 heteroatoms. The third kappa shape index (κ3) is 3.45. The van der Waals surface area contributed by atoms with E-state index in [2.05, 4.69) is 0 Å². The van der Waals surface area contributed by atoms with Crippen molar-refractivity contribution in [2.24, 2.45) is 11.7 Å². The molecule has 0 heterocycles. The van der Waals surface area contributed by atoms with Crippen LogP contribution in [0.2, 0.25) is 0 Å². The molecule has 1 aromatic carbocycles. The van der Waals surface area contributed by atoms with E-state index in [1.54, 1.807) is 6.07 Å². The molecule has 1 aromatic rings. The molecule has 1 atom stereocenters. The second-order valence-corrected chi connectivity index (χ2v) is 5.42. The van der Waals surface area contributed by atoms with Gasteiger partial charge >= 0.3 is 6.18 Å². The Labute approximate surface area is 117 Å². The zero-order valence-electron chi connectivity index (χ0n) is 11.5. The Balaban J connectivity index is 2.29. The van der Waals surface area contributed by atoms with Gasteiger partial charge < -0.3 is 10.5 Å². The standard InChI is InChI=1S/C15H20F3NO/c1-20-13-8-11(7-12(9-13)15(16,17)18)14(19)10-5-3-2-4-6-10/h7-10,14H,2-6,19H2,1H3/t14-/m1/s1. The summed E-state index contributed by atoms with van der Waals surface area (Å²) in [4.78, 5) is 0. The molecule has 0 amide bonds. The van der Waals surface area contributed by atoms with Gasteiger partial charge in [0.15, 0.2) is 0 Å². The van der Waals surface area contributed by atoms with Crippen LogP contribution in [0.5, 0.6) is 5.75 Å². The molecule has 1 fully saturated rings. The molecule has 1 saturated carbocycles. The number of rotatable bonds is 3. The zero-order valence-corrected chi connectivity index (χ0v) is 11.5. The SMILES string of the molecule is COc1cc([C@H](N)C2CCCCC2)cc(C(F)(F)F)c1. The number of hydrogen-bond donors (Lipinski definition) is 1. The molecule has 0 saturated heterocycles. The molecular formula is C15H20F3NO. The zero-order chi connectivity index (χ0) is 14.8. The van der Waals surface area contributed by atoms with Crippen molar-refractivity contribution < 1.29 is 17.9 Å². The van der Waals surface area contributed by atoms with Crippen LogP contribution in [0.4, 0.5) is 13.2 Å². The molecule has 2 nitrogen and oxygen atoms in total. The maximum Gasteiger partial charge on any atom is 0.416 e. The van der Waals surface area contributed by atoms with Crippen molar-refractivity contribution >= 4 is 0 Å². The Morgan fingerprint density at radius 2 is 1.80 bits per heavy atom. The van der Waals surface area contributed by atoms with Crippen LogP contribution in [0, 0.1) is 5.92 Å². The molecular weight excluding hydrogens is 267 g/mol. The smallest absolute Gasteiger partial charge is 0.416 e. The first-order chi connectivity index (χ1) is 9.41. The normalized spacial score (nSPS) is 18.9. The lowest BCUT2D eigenvalue weighted by Crippen LogP contribution is -2.24. The minimum Gasteiger partial charge on any atom is -0.497 e. The van der Waals surface area contributed by atoms with Crippen molar-refractivity contribution in [3.8, 4) is 5.75 Å². The van der Waals surface area contributed by atoms with Crippen molar-refractivity contribution in [3.63, 3.8) is 0 Å².